The SMILES string of the molecule is CCNC(C1=COCCC1)c1ccc(OCC)cc1. The van der Waals surface area contributed by atoms with E-state index in [4.69, 9.17) is 9.47 Å². The third kappa shape index (κ3) is 3.74. The summed E-state index contributed by atoms with van der Waals surface area (Å²) < 4.78 is 11.0. The highest BCUT2D eigenvalue weighted by molar-refractivity contribution is 5.33. The first-order valence-electron chi connectivity index (χ1n) is 7.11. The third-order valence-electron chi connectivity index (χ3n) is 3.27. The summed E-state index contributed by atoms with van der Waals surface area (Å²) in [5, 5.41) is 3.53. The number of ether oxygens (including phenoxy) is 2. The van der Waals surface area contributed by atoms with Crippen molar-refractivity contribution in [1.82, 2.24) is 5.32 Å². The average Bonchev–Trinajstić information content (AvgIpc) is 2.47. The first-order chi connectivity index (χ1) is 9.35. The second kappa shape index (κ2) is 7.19. The van der Waals surface area contributed by atoms with Gasteiger partial charge in [0, 0.05) is 0 Å². The summed E-state index contributed by atoms with van der Waals surface area (Å²) in [6.45, 7) is 6.61. The molecule has 0 saturated carbocycles. The summed E-state index contributed by atoms with van der Waals surface area (Å²) in [6, 6.07) is 8.59. The van der Waals surface area contributed by atoms with Crippen LogP contribution in [0.25, 0.3) is 0 Å². The molecule has 19 heavy (non-hydrogen) atoms. The molecule has 0 fully saturated rings. The fourth-order valence-corrected chi connectivity index (χ4v) is 2.39. The smallest absolute Gasteiger partial charge is 0.119 e. The van der Waals surface area contributed by atoms with E-state index in [1.165, 1.54) is 11.1 Å². The van der Waals surface area contributed by atoms with Crippen LogP contribution in [0.1, 0.15) is 38.3 Å². The topological polar surface area (TPSA) is 30.5 Å². The fourth-order valence-electron chi connectivity index (χ4n) is 2.39. The minimum atomic E-state index is 0.251. The van der Waals surface area contributed by atoms with Crippen LogP contribution in [0, 0.1) is 0 Å². The van der Waals surface area contributed by atoms with Crippen LogP contribution in [0.15, 0.2) is 36.1 Å². The molecule has 0 bridgehead atoms. The molecule has 0 aliphatic carbocycles. The lowest BCUT2D eigenvalue weighted by Gasteiger charge is -2.24. The van der Waals surface area contributed by atoms with Gasteiger partial charge in [0.1, 0.15) is 5.75 Å². The Balaban J connectivity index is 2.15. The molecule has 1 atom stereocenters. The van der Waals surface area contributed by atoms with Crippen LogP contribution < -0.4 is 10.1 Å². The van der Waals surface area contributed by atoms with Gasteiger partial charge in [-0.1, -0.05) is 19.1 Å². The molecule has 1 aliphatic heterocycles. The molecule has 2 rings (SSSR count). The zero-order valence-corrected chi connectivity index (χ0v) is 11.8. The second-order valence-electron chi connectivity index (χ2n) is 4.66. The summed E-state index contributed by atoms with van der Waals surface area (Å²) in [5.41, 5.74) is 2.60. The van der Waals surface area contributed by atoms with E-state index >= 15 is 0 Å². The molecule has 1 unspecified atom stereocenters. The van der Waals surface area contributed by atoms with Crippen LogP contribution in [0.4, 0.5) is 0 Å². The first kappa shape index (κ1) is 13.9. The Morgan fingerprint density at radius 2 is 2.05 bits per heavy atom. The van der Waals surface area contributed by atoms with Crippen LogP contribution in [0.3, 0.4) is 0 Å². The first-order valence-corrected chi connectivity index (χ1v) is 7.11. The maximum absolute atomic E-state index is 5.49. The number of nitrogens with one attached hydrogen (secondary N) is 1. The maximum Gasteiger partial charge on any atom is 0.119 e. The summed E-state index contributed by atoms with van der Waals surface area (Å²) >= 11 is 0. The highest BCUT2D eigenvalue weighted by atomic mass is 16.5. The minimum absolute atomic E-state index is 0.251. The molecule has 0 radical (unpaired) electrons. The summed E-state index contributed by atoms with van der Waals surface area (Å²) in [4.78, 5) is 0. The second-order valence-corrected chi connectivity index (χ2v) is 4.66. The van der Waals surface area contributed by atoms with Crippen LogP contribution in [0.5, 0.6) is 5.75 Å². The van der Waals surface area contributed by atoms with Crippen LogP contribution >= 0.6 is 0 Å². The number of rotatable bonds is 6. The Morgan fingerprint density at radius 3 is 2.63 bits per heavy atom. The Bertz CT molecular complexity index is 411. The van der Waals surface area contributed by atoms with Crippen molar-refractivity contribution in [2.75, 3.05) is 19.8 Å². The van der Waals surface area contributed by atoms with Crippen molar-refractivity contribution in [2.24, 2.45) is 0 Å². The molecule has 1 heterocycles. The van der Waals surface area contributed by atoms with Gasteiger partial charge >= 0.3 is 0 Å². The van der Waals surface area contributed by atoms with Gasteiger partial charge in [0.2, 0.25) is 0 Å². The normalized spacial score (nSPS) is 16.4. The molecule has 1 N–H and O–H groups in total. The van der Waals surface area contributed by atoms with Crippen molar-refractivity contribution in [1.29, 1.82) is 0 Å². The largest absolute Gasteiger partial charge is 0.501 e. The van der Waals surface area contributed by atoms with Crippen molar-refractivity contribution in [2.45, 2.75) is 32.7 Å². The minimum Gasteiger partial charge on any atom is -0.501 e. The number of likely N-dealkylation sites (N-methyl/N-ethyl adjacent to an activating group) is 1. The highest BCUT2D eigenvalue weighted by Crippen LogP contribution is 2.28. The molecule has 1 aromatic rings. The third-order valence-corrected chi connectivity index (χ3v) is 3.27. The van der Waals surface area contributed by atoms with Crippen molar-refractivity contribution in [3.63, 3.8) is 0 Å². The van der Waals surface area contributed by atoms with Gasteiger partial charge in [-0.15, -0.1) is 0 Å². The molecule has 0 spiro atoms. The Morgan fingerprint density at radius 1 is 1.26 bits per heavy atom. The summed E-state index contributed by atoms with van der Waals surface area (Å²) in [5.74, 6) is 0.926. The van der Waals surface area contributed by atoms with Crippen LogP contribution in [0.2, 0.25) is 0 Å². The summed E-state index contributed by atoms with van der Waals surface area (Å²) in [6.07, 6.45) is 4.13. The van der Waals surface area contributed by atoms with Gasteiger partial charge in [0.05, 0.1) is 25.5 Å². The van der Waals surface area contributed by atoms with Gasteiger partial charge < -0.3 is 14.8 Å². The molecule has 3 nitrogen and oxygen atoms in total. The summed E-state index contributed by atoms with van der Waals surface area (Å²) in [7, 11) is 0. The zero-order chi connectivity index (χ0) is 13.5. The van der Waals surface area contributed by atoms with Gasteiger partial charge in [-0.25, -0.2) is 0 Å². The van der Waals surface area contributed by atoms with Gasteiger partial charge in [-0.05, 0) is 49.6 Å². The predicted octanol–water partition coefficient (Wildman–Crippen LogP) is 3.43. The van der Waals surface area contributed by atoms with Crippen molar-refractivity contribution in [3.05, 3.63) is 41.7 Å². The van der Waals surface area contributed by atoms with Crippen molar-refractivity contribution >= 4 is 0 Å². The number of hydrogen-bond donors (Lipinski definition) is 1. The predicted molar refractivity (Wildman–Crippen MR) is 77.3 cm³/mol. The molecular formula is C16H23NO2. The molecule has 0 amide bonds. The van der Waals surface area contributed by atoms with E-state index in [1.807, 2.05) is 25.3 Å². The van der Waals surface area contributed by atoms with Gasteiger partial charge in [-0.2, -0.15) is 0 Å². The highest BCUT2D eigenvalue weighted by Gasteiger charge is 2.18. The molecule has 104 valence electrons. The molecule has 0 aromatic heterocycles. The lowest BCUT2D eigenvalue weighted by Crippen LogP contribution is -2.24. The zero-order valence-electron chi connectivity index (χ0n) is 11.8. The van der Waals surface area contributed by atoms with E-state index in [9.17, 15) is 0 Å². The van der Waals surface area contributed by atoms with E-state index in [2.05, 4.69) is 24.4 Å². The lowest BCUT2D eigenvalue weighted by atomic mass is 9.95. The van der Waals surface area contributed by atoms with E-state index in [1.54, 1.807) is 0 Å². The van der Waals surface area contributed by atoms with E-state index in [-0.39, 0.29) is 6.04 Å². The van der Waals surface area contributed by atoms with Crippen molar-refractivity contribution < 1.29 is 9.47 Å². The fraction of sp³-hybridized carbons (Fsp3) is 0.500. The number of hydrogen-bond acceptors (Lipinski definition) is 3. The molecule has 3 heteroatoms. The lowest BCUT2D eigenvalue weighted by molar-refractivity contribution is 0.219. The van der Waals surface area contributed by atoms with Crippen molar-refractivity contribution in [3.8, 4) is 5.75 Å². The molecule has 0 saturated heterocycles. The van der Waals surface area contributed by atoms with Crippen LogP contribution in [-0.4, -0.2) is 19.8 Å². The Hall–Kier alpha value is -1.48. The average molecular weight is 261 g/mol. The monoisotopic (exact) mass is 261 g/mol. The van der Waals surface area contributed by atoms with E-state index < -0.39 is 0 Å². The van der Waals surface area contributed by atoms with Gasteiger partial charge in [0.25, 0.3) is 0 Å². The number of benzene rings is 1. The Kier molecular flexibility index (Phi) is 5.28. The molecule has 1 aromatic carbocycles. The maximum atomic E-state index is 5.49. The Labute approximate surface area is 115 Å². The van der Waals surface area contributed by atoms with Crippen LogP contribution in [-0.2, 0) is 4.74 Å². The van der Waals surface area contributed by atoms with E-state index in [0.29, 0.717) is 6.61 Å². The standard InChI is InChI=1S/C16H23NO2/c1-3-17-16(14-6-5-11-18-12-14)13-7-9-15(10-8-13)19-4-2/h7-10,12,16-17H,3-6,11H2,1-2H3. The quantitative estimate of drug-likeness (QED) is 0.851. The van der Waals surface area contributed by atoms with Gasteiger partial charge in [-0.3, -0.25) is 0 Å². The van der Waals surface area contributed by atoms with E-state index in [0.717, 1.165) is 31.7 Å². The molecule has 1 aliphatic rings. The van der Waals surface area contributed by atoms with Gasteiger partial charge in [0.15, 0.2) is 0 Å². The molecular weight excluding hydrogens is 238 g/mol.